The number of carbonyl (C=O) groups excluding carboxylic acids is 1. The van der Waals surface area contributed by atoms with Crippen LogP contribution in [0.3, 0.4) is 0 Å². The average molecular weight is 278 g/mol. The van der Waals surface area contributed by atoms with Gasteiger partial charge in [-0.25, -0.2) is 0 Å². The summed E-state index contributed by atoms with van der Waals surface area (Å²) >= 11 is 1.98. The van der Waals surface area contributed by atoms with Crippen LogP contribution in [0.2, 0.25) is 0 Å². The number of aromatic nitrogens is 1. The molecule has 0 aliphatic heterocycles. The Morgan fingerprint density at radius 3 is 3.11 bits per heavy atom. The standard InChI is InChI=1S/C15H22N2OS/c1-2-19-14-8-5-7-13(14)17-15(18)10-9-12-6-3-4-11-16-12/h3-4,6,11,13-14H,2,5,7-10H2,1H3,(H,17,18). The van der Waals surface area contributed by atoms with Crippen LogP contribution in [-0.4, -0.2) is 27.9 Å². The second kappa shape index (κ2) is 7.53. The van der Waals surface area contributed by atoms with Crippen LogP contribution >= 0.6 is 11.8 Å². The Hall–Kier alpha value is -1.03. The van der Waals surface area contributed by atoms with Crippen LogP contribution in [-0.2, 0) is 11.2 Å². The van der Waals surface area contributed by atoms with Crippen molar-refractivity contribution >= 4 is 17.7 Å². The van der Waals surface area contributed by atoms with Gasteiger partial charge in [-0.15, -0.1) is 0 Å². The van der Waals surface area contributed by atoms with E-state index in [1.54, 1.807) is 6.20 Å². The summed E-state index contributed by atoms with van der Waals surface area (Å²) in [7, 11) is 0. The van der Waals surface area contributed by atoms with Crippen molar-refractivity contribution < 1.29 is 4.79 Å². The van der Waals surface area contributed by atoms with Crippen molar-refractivity contribution in [2.75, 3.05) is 5.75 Å². The molecule has 1 saturated carbocycles. The molecule has 2 rings (SSSR count). The van der Waals surface area contributed by atoms with Gasteiger partial charge < -0.3 is 5.32 Å². The maximum Gasteiger partial charge on any atom is 0.220 e. The second-order valence-electron chi connectivity index (χ2n) is 4.92. The summed E-state index contributed by atoms with van der Waals surface area (Å²) in [4.78, 5) is 16.2. The van der Waals surface area contributed by atoms with E-state index in [1.807, 2.05) is 30.0 Å². The van der Waals surface area contributed by atoms with Gasteiger partial charge in [0.05, 0.1) is 0 Å². The summed E-state index contributed by atoms with van der Waals surface area (Å²) < 4.78 is 0. The molecule has 2 unspecified atom stereocenters. The molecule has 1 fully saturated rings. The topological polar surface area (TPSA) is 42.0 Å². The normalized spacial score (nSPS) is 22.4. The van der Waals surface area contributed by atoms with Crippen LogP contribution in [0.4, 0.5) is 0 Å². The highest BCUT2D eigenvalue weighted by atomic mass is 32.2. The third-order valence-electron chi connectivity index (χ3n) is 3.51. The van der Waals surface area contributed by atoms with Crippen LogP contribution < -0.4 is 5.32 Å². The number of hydrogen-bond donors (Lipinski definition) is 1. The molecule has 104 valence electrons. The highest BCUT2D eigenvalue weighted by Gasteiger charge is 2.28. The van der Waals surface area contributed by atoms with E-state index in [-0.39, 0.29) is 5.91 Å². The van der Waals surface area contributed by atoms with E-state index in [2.05, 4.69) is 17.2 Å². The zero-order valence-electron chi connectivity index (χ0n) is 11.5. The van der Waals surface area contributed by atoms with Gasteiger partial charge >= 0.3 is 0 Å². The maximum atomic E-state index is 12.0. The number of rotatable bonds is 6. The first-order chi connectivity index (χ1) is 9.29. The van der Waals surface area contributed by atoms with Gasteiger partial charge in [0.15, 0.2) is 0 Å². The number of carbonyl (C=O) groups is 1. The molecule has 0 saturated heterocycles. The Morgan fingerprint density at radius 2 is 2.37 bits per heavy atom. The summed E-state index contributed by atoms with van der Waals surface area (Å²) in [6, 6.07) is 6.21. The minimum absolute atomic E-state index is 0.166. The molecule has 3 nitrogen and oxygen atoms in total. The fourth-order valence-electron chi connectivity index (χ4n) is 2.57. The van der Waals surface area contributed by atoms with Crippen molar-refractivity contribution in [2.24, 2.45) is 0 Å². The minimum atomic E-state index is 0.166. The highest BCUT2D eigenvalue weighted by Crippen LogP contribution is 2.29. The van der Waals surface area contributed by atoms with Crippen molar-refractivity contribution in [3.05, 3.63) is 30.1 Å². The monoisotopic (exact) mass is 278 g/mol. The lowest BCUT2D eigenvalue weighted by molar-refractivity contribution is -0.121. The van der Waals surface area contributed by atoms with Crippen molar-refractivity contribution in [3.63, 3.8) is 0 Å². The Labute approximate surface area is 119 Å². The smallest absolute Gasteiger partial charge is 0.220 e. The number of nitrogens with one attached hydrogen (secondary N) is 1. The van der Waals surface area contributed by atoms with E-state index < -0.39 is 0 Å². The van der Waals surface area contributed by atoms with Gasteiger partial charge in [0.2, 0.25) is 5.91 Å². The summed E-state index contributed by atoms with van der Waals surface area (Å²) in [5.41, 5.74) is 0.989. The summed E-state index contributed by atoms with van der Waals surface area (Å²) in [5.74, 6) is 1.30. The molecule has 1 amide bonds. The number of thioether (sulfide) groups is 1. The predicted octanol–water partition coefficient (Wildman–Crippen LogP) is 2.80. The molecule has 19 heavy (non-hydrogen) atoms. The molecule has 1 aromatic heterocycles. The van der Waals surface area contributed by atoms with Crippen LogP contribution in [0.25, 0.3) is 0 Å². The number of pyridine rings is 1. The van der Waals surface area contributed by atoms with Gasteiger partial charge in [0.1, 0.15) is 0 Å². The van der Waals surface area contributed by atoms with Crippen molar-refractivity contribution in [2.45, 2.75) is 50.3 Å². The number of amides is 1. The van der Waals surface area contributed by atoms with Gasteiger partial charge in [-0.2, -0.15) is 11.8 Å². The van der Waals surface area contributed by atoms with E-state index >= 15 is 0 Å². The molecular formula is C15H22N2OS. The lowest BCUT2D eigenvalue weighted by atomic mass is 10.2. The summed E-state index contributed by atoms with van der Waals surface area (Å²) in [5, 5.41) is 3.81. The second-order valence-corrected chi connectivity index (χ2v) is 6.44. The lowest BCUT2D eigenvalue weighted by Gasteiger charge is -2.20. The average Bonchev–Trinajstić information content (AvgIpc) is 2.85. The third kappa shape index (κ3) is 4.53. The Bertz CT molecular complexity index is 396. The fraction of sp³-hybridized carbons (Fsp3) is 0.600. The highest BCUT2D eigenvalue weighted by molar-refractivity contribution is 7.99. The molecular weight excluding hydrogens is 256 g/mol. The largest absolute Gasteiger partial charge is 0.352 e. The first-order valence-corrected chi connectivity index (χ1v) is 8.15. The Morgan fingerprint density at radius 1 is 1.47 bits per heavy atom. The van der Waals surface area contributed by atoms with E-state index in [4.69, 9.17) is 0 Å². The van der Waals surface area contributed by atoms with Crippen molar-refractivity contribution in [1.29, 1.82) is 0 Å². The Balaban J connectivity index is 1.75. The van der Waals surface area contributed by atoms with Crippen LogP contribution in [0.15, 0.2) is 24.4 Å². The number of aryl methyl sites for hydroxylation is 1. The molecule has 0 spiro atoms. The third-order valence-corrected chi connectivity index (χ3v) is 4.84. The van der Waals surface area contributed by atoms with Crippen LogP contribution in [0.5, 0.6) is 0 Å². The number of nitrogens with zero attached hydrogens (tertiary/aromatic N) is 1. The van der Waals surface area contributed by atoms with E-state index in [9.17, 15) is 4.79 Å². The summed E-state index contributed by atoms with van der Waals surface area (Å²) in [6.45, 7) is 2.18. The van der Waals surface area contributed by atoms with Gasteiger partial charge in [0.25, 0.3) is 0 Å². The van der Waals surface area contributed by atoms with Crippen molar-refractivity contribution in [1.82, 2.24) is 10.3 Å². The molecule has 2 atom stereocenters. The molecule has 1 N–H and O–H groups in total. The van der Waals surface area contributed by atoms with Gasteiger partial charge in [-0.3, -0.25) is 9.78 Å². The zero-order chi connectivity index (χ0) is 13.5. The molecule has 4 heteroatoms. The summed E-state index contributed by atoms with van der Waals surface area (Å²) in [6.07, 6.45) is 6.65. The lowest BCUT2D eigenvalue weighted by Crippen LogP contribution is -2.38. The van der Waals surface area contributed by atoms with Crippen LogP contribution in [0.1, 0.15) is 38.3 Å². The van der Waals surface area contributed by atoms with Gasteiger partial charge in [-0.05, 0) is 37.1 Å². The molecule has 0 bridgehead atoms. The molecule has 1 aliphatic carbocycles. The molecule has 1 aromatic rings. The zero-order valence-corrected chi connectivity index (χ0v) is 12.3. The van der Waals surface area contributed by atoms with Crippen molar-refractivity contribution in [3.8, 4) is 0 Å². The predicted molar refractivity (Wildman–Crippen MR) is 80.3 cm³/mol. The fourth-order valence-corrected chi connectivity index (χ4v) is 3.77. The first kappa shape index (κ1) is 14.4. The van der Waals surface area contributed by atoms with E-state index in [0.29, 0.717) is 17.7 Å². The molecule has 0 aromatic carbocycles. The molecule has 0 radical (unpaired) electrons. The SMILES string of the molecule is CCSC1CCCC1NC(=O)CCc1ccccn1. The van der Waals surface area contributed by atoms with E-state index in [0.717, 1.165) is 24.3 Å². The minimum Gasteiger partial charge on any atom is -0.352 e. The Kier molecular flexibility index (Phi) is 5.70. The quantitative estimate of drug-likeness (QED) is 0.870. The van der Waals surface area contributed by atoms with Crippen LogP contribution in [0, 0.1) is 0 Å². The molecule has 1 heterocycles. The number of hydrogen-bond acceptors (Lipinski definition) is 3. The first-order valence-electron chi connectivity index (χ1n) is 7.10. The van der Waals surface area contributed by atoms with E-state index in [1.165, 1.54) is 12.8 Å². The molecule has 1 aliphatic rings. The van der Waals surface area contributed by atoms with Gasteiger partial charge in [0, 0.05) is 29.6 Å². The van der Waals surface area contributed by atoms with Gasteiger partial charge in [-0.1, -0.05) is 19.4 Å². The maximum absolute atomic E-state index is 12.0.